The van der Waals surface area contributed by atoms with Gasteiger partial charge in [0.05, 0.1) is 0 Å². The molecular weight excluding hydrogens is 305 g/mol. The Balaban J connectivity index is 0. The average molecular weight is 327 g/mol. The smallest absolute Gasteiger partial charge is 1.00 e. The third kappa shape index (κ3) is 5.09. The van der Waals surface area contributed by atoms with Crippen molar-refractivity contribution in [2.75, 3.05) is 0 Å². The molecule has 0 bridgehead atoms. The topological polar surface area (TPSA) is 43.1 Å². The second-order valence-electron chi connectivity index (χ2n) is 4.78. The number of allylic oxidation sites excluding steroid dienone is 4. The Bertz CT molecular complexity index is 369. The number of rotatable bonds is 1. The molecule has 0 saturated carbocycles. The van der Waals surface area contributed by atoms with Crippen LogP contribution in [0.25, 0.3) is 0 Å². The van der Waals surface area contributed by atoms with Crippen molar-refractivity contribution in [3.63, 3.8) is 0 Å². The van der Waals surface area contributed by atoms with E-state index < -0.39 is 17.9 Å². The van der Waals surface area contributed by atoms with Crippen molar-refractivity contribution in [2.24, 2.45) is 11.7 Å². The number of carbonyl (C=O) groups excluding carboxylic acids is 1. The molecule has 1 saturated heterocycles. The molecule has 0 aromatic heterocycles. The summed E-state index contributed by atoms with van der Waals surface area (Å²) in [7, 11) is 0. The predicted molar refractivity (Wildman–Crippen MR) is 64.7 cm³/mol. The first-order valence-corrected chi connectivity index (χ1v) is 8.84. The van der Waals surface area contributed by atoms with Gasteiger partial charge < -0.3 is 30.5 Å². The fourth-order valence-electron chi connectivity index (χ4n) is 2.27. The fraction of sp³-hybridized carbons (Fsp3) is 0.615. The van der Waals surface area contributed by atoms with E-state index in [0.29, 0.717) is 0 Å². The molecule has 1 atom stereocenters. The van der Waals surface area contributed by atoms with E-state index in [4.69, 9.17) is 0 Å². The van der Waals surface area contributed by atoms with Crippen molar-refractivity contribution in [3.05, 3.63) is 20.6 Å². The van der Waals surface area contributed by atoms with Gasteiger partial charge in [0.25, 0.3) is 0 Å². The van der Waals surface area contributed by atoms with Gasteiger partial charge in [-0.2, -0.15) is 0 Å². The maximum atomic E-state index is 9.22. The molecule has 0 aromatic rings. The molecule has 1 heterocycles. The Labute approximate surface area is 129 Å². The molecule has 0 spiro atoms. The molecule has 2 N–H and O–H groups in total. The van der Waals surface area contributed by atoms with Crippen molar-refractivity contribution in [1.29, 1.82) is 0 Å². The standard InChI is InChI=1S/C9H13.C2H5NO.C2H4.2ClH.Ti/c1-6-5-7(2)9(4)8(6)3;1-2(3)4;1-2;;;/h6H,1-4H3;1H3,(H2,3,4);1-2H2;2*1H;/q;;;;;+2/p-2. The normalized spacial score (nSPS) is 20.7. The molecule has 103 valence electrons. The summed E-state index contributed by atoms with van der Waals surface area (Å²) in [6.45, 7) is 10.7. The maximum absolute atomic E-state index is 9.22. The molecule has 1 aliphatic carbocycles. The van der Waals surface area contributed by atoms with Crippen molar-refractivity contribution >= 4 is 5.91 Å². The van der Waals surface area contributed by atoms with Crippen molar-refractivity contribution < 1.29 is 47.5 Å². The Morgan fingerprint density at radius 2 is 1.56 bits per heavy atom. The SMILES string of the molecule is CC(N)=O.CC1=C(C)C(C)[C]([Ti+2]2[CH2][CH2]2)=C1C.[Cl-].[Cl-]. The molecule has 2 aliphatic rings. The van der Waals surface area contributed by atoms with Gasteiger partial charge in [0.2, 0.25) is 5.91 Å². The van der Waals surface area contributed by atoms with Crippen LogP contribution in [-0.4, -0.2) is 5.91 Å². The molecular formula is C13H22Cl2NOTi. The van der Waals surface area contributed by atoms with E-state index in [1.54, 1.807) is 26.2 Å². The number of primary amides is 1. The van der Waals surface area contributed by atoms with Gasteiger partial charge >= 0.3 is 81.5 Å². The van der Waals surface area contributed by atoms with Crippen LogP contribution in [0.5, 0.6) is 0 Å². The minimum absolute atomic E-state index is 0. The number of hydrogen-bond donors (Lipinski definition) is 1. The number of nitrogens with two attached hydrogens (primary N) is 1. The molecule has 0 aromatic carbocycles. The number of halogens is 2. The quantitative estimate of drug-likeness (QED) is 0.520. The predicted octanol–water partition coefficient (Wildman–Crippen LogP) is -2.79. The Hall–Kier alpha value is 0.244. The monoisotopic (exact) mass is 326 g/mol. The van der Waals surface area contributed by atoms with Crippen LogP contribution < -0.4 is 30.5 Å². The largest absolute Gasteiger partial charge is 1.00 e. The van der Waals surface area contributed by atoms with Crippen LogP contribution in [0.2, 0.25) is 9.45 Å². The zero-order chi connectivity index (χ0) is 12.5. The van der Waals surface area contributed by atoms with Gasteiger partial charge in [-0.25, -0.2) is 0 Å². The summed E-state index contributed by atoms with van der Waals surface area (Å²) < 4.78 is 5.14. The van der Waals surface area contributed by atoms with Gasteiger partial charge in [0, 0.05) is 6.92 Å². The average Bonchev–Trinajstić information content (AvgIpc) is 2.95. The second kappa shape index (κ2) is 8.42. The van der Waals surface area contributed by atoms with Gasteiger partial charge in [-0.3, -0.25) is 4.79 Å². The zero-order valence-electron chi connectivity index (χ0n) is 11.7. The summed E-state index contributed by atoms with van der Waals surface area (Å²) in [4.78, 5) is 9.22. The van der Waals surface area contributed by atoms with Crippen molar-refractivity contribution in [3.8, 4) is 0 Å². The maximum Gasteiger partial charge on any atom is -1.00 e. The first kappa shape index (κ1) is 20.6. The van der Waals surface area contributed by atoms with Crippen LogP contribution in [0, 0.1) is 5.92 Å². The van der Waals surface area contributed by atoms with E-state index >= 15 is 0 Å². The van der Waals surface area contributed by atoms with E-state index in [1.165, 1.54) is 6.92 Å². The summed E-state index contributed by atoms with van der Waals surface area (Å²) >= 11 is -0.584. The minimum atomic E-state index is -0.584. The molecule has 1 fully saturated rings. The molecule has 1 aliphatic heterocycles. The van der Waals surface area contributed by atoms with E-state index in [9.17, 15) is 4.79 Å². The van der Waals surface area contributed by atoms with Gasteiger partial charge in [-0.05, 0) is 0 Å². The third-order valence-corrected chi connectivity index (χ3v) is 7.53. The minimum Gasteiger partial charge on any atom is -1.00 e. The second-order valence-corrected chi connectivity index (χ2v) is 9.07. The van der Waals surface area contributed by atoms with E-state index in [0.717, 1.165) is 5.92 Å². The number of carbonyl (C=O) groups is 1. The van der Waals surface area contributed by atoms with E-state index in [2.05, 4.69) is 33.4 Å². The summed E-state index contributed by atoms with van der Waals surface area (Å²) in [5, 5.41) is 0. The van der Waals surface area contributed by atoms with Gasteiger partial charge in [0.1, 0.15) is 0 Å². The molecule has 18 heavy (non-hydrogen) atoms. The van der Waals surface area contributed by atoms with Crippen molar-refractivity contribution in [1.82, 2.24) is 0 Å². The van der Waals surface area contributed by atoms with E-state index in [-0.39, 0.29) is 30.7 Å². The fourth-order valence-corrected chi connectivity index (χ4v) is 6.52. The van der Waals surface area contributed by atoms with Gasteiger partial charge in [-0.15, -0.1) is 0 Å². The van der Waals surface area contributed by atoms with Crippen LogP contribution in [0.3, 0.4) is 0 Å². The molecule has 1 unspecified atom stereocenters. The molecule has 2 nitrogen and oxygen atoms in total. The molecule has 5 heteroatoms. The molecule has 0 radical (unpaired) electrons. The van der Waals surface area contributed by atoms with Crippen molar-refractivity contribution in [2.45, 2.75) is 44.1 Å². The first-order valence-electron chi connectivity index (χ1n) is 5.85. The number of amides is 1. The summed E-state index contributed by atoms with van der Waals surface area (Å²) in [6.07, 6.45) is 0. The Kier molecular flexibility index (Phi) is 9.62. The third-order valence-electron chi connectivity index (χ3n) is 3.52. The Morgan fingerprint density at radius 1 is 1.17 bits per heavy atom. The van der Waals surface area contributed by atoms with Crippen LogP contribution >= 0.6 is 0 Å². The number of hydrogen-bond acceptors (Lipinski definition) is 1. The van der Waals surface area contributed by atoms with Crippen LogP contribution in [-0.2, 0) is 22.7 Å². The zero-order valence-corrected chi connectivity index (χ0v) is 14.8. The van der Waals surface area contributed by atoms with E-state index in [1.807, 2.05) is 3.88 Å². The molecule has 1 amide bonds. The van der Waals surface area contributed by atoms with Crippen LogP contribution in [0.15, 0.2) is 20.6 Å². The van der Waals surface area contributed by atoms with Crippen LogP contribution in [0.1, 0.15) is 34.6 Å². The summed E-state index contributed by atoms with van der Waals surface area (Å²) in [6, 6.07) is 0. The van der Waals surface area contributed by atoms with Gasteiger partial charge in [-0.1, -0.05) is 0 Å². The van der Waals surface area contributed by atoms with Gasteiger partial charge in [0.15, 0.2) is 0 Å². The molecule has 2 rings (SSSR count). The summed E-state index contributed by atoms with van der Waals surface area (Å²) in [5.74, 6) is 0.488. The first-order chi connectivity index (χ1) is 7.36. The van der Waals surface area contributed by atoms with Crippen LogP contribution in [0.4, 0.5) is 0 Å². The summed E-state index contributed by atoms with van der Waals surface area (Å²) in [5.41, 5.74) is 9.39. The Morgan fingerprint density at radius 3 is 1.78 bits per heavy atom.